The summed E-state index contributed by atoms with van der Waals surface area (Å²) < 4.78 is 0. The second-order valence-corrected chi connectivity index (χ2v) is 3.78. The molecule has 0 radical (unpaired) electrons. The predicted octanol–water partition coefficient (Wildman–Crippen LogP) is 1.56. The van der Waals surface area contributed by atoms with Crippen LogP contribution in [0.2, 0.25) is 0 Å². The Balaban J connectivity index is 2.22. The van der Waals surface area contributed by atoms with Gasteiger partial charge in [-0.1, -0.05) is 6.92 Å². The molecule has 1 aromatic rings. The average molecular weight is 239 g/mol. The number of nitrogens with one attached hydrogen (secondary N) is 2. The minimum atomic E-state index is -0.828. The van der Waals surface area contributed by atoms with Crippen LogP contribution in [0.25, 0.3) is 0 Å². The highest BCUT2D eigenvalue weighted by molar-refractivity contribution is 5.89. The van der Waals surface area contributed by atoms with E-state index in [1.165, 1.54) is 0 Å². The number of nitrogens with zero attached hydrogens (tertiary/aromatic N) is 1. The molecule has 0 bridgehead atoms. The Morgan fingerprint density at radius 1 is 1.41 bits per heavy atom. The molecule has 1 heterocycles. The van der Waals surface area contributed by atoms with E-state index in [0.29, 0.717) is 25.1 Å². The first-order valence-electron chi connectivity index (χ1n) is 5.67. The first-order chi connectivity index (χ1) is 8.11. The summed E-state index contributed by atoms with van der Waals surface area (Å²) in [5.41, 5.74) is 0.964. The maximum absolute atomic E-state index is 11.4. The van der Waals surface area contributed by atoms with Gasteiger partial charge in [-0.15, -0.1) is 0 Å². The standard InChI is InChI=1S/C11H17N3O3/c1-2-8-7-9(14-13-8)12-10(15)5-3-4-6-11(16)17/h7H,2-6H2,1H3,(H,16,17)(H2,12,13,14,15). The van der Waals surface area contributed by atoms with Crippen LogP contribution in [0.1, 0.15) is 38.3 Å². The smallest absolute Gasteiger partial charge is 0.303 e. The van der Waals surface area contributed by atoms with Crippen molar-refractivity contribution in [2.24, 2.45) is 0 Å². The molecule has 6 heteroatoms. The molecule has 3 N–H and O–H groups in total. The molecule has 0 spiro atoms. The first-order valence-corrected chi connectivity index (χ1v) is 5.67. The fraction of sp³-hybridized carbons (Fsp3) is 0.545. The summed E-state index contributed by atoms with van der Waals surface area (Å²) in [4.78, 5) is 21.7. The van der Waals surface area contributed by atoms with Gasteiger partial charge >= 0.3 is 5.97 Å². The third-order valence-corrected chi connectivity index (χ3v) is 2.32. The molecule has 1 rings (SSSR count). The normalized spacial score (nSPS) is 10.2. The largest absolute Gasteiger partial charge is 0.481 e. The zero-order valence-electron chi connectivity index (χ0n) is 9.82. The van der Waals surface area contributed by atoms with Crippen molar-refractivity contribution in [2.75, 3.05) is 5.32 Å². The zero-order chi connectivity index (χ0) is 12.7. The summed E-state index contributed by atoms with van der Waals surface area (Å²) >= 11 is 0. The number of rotatable bonds is 7. The van der Waals surface area contributed by atoms with Crippen molar-refractivity contribution in [3.63, 3.8) is 0 Å². The highest BCUT2D eigenvalue weighted by atomic mass is 16.4. The molecule has 0 aliphatic heterocycles. The van der Waals surface area contributed by atoms with E-state index in [0.717, 1.165) is 12.1 Å². The summed E-state index contributed by atoms with van der Waals surface area (Å²) in [7, 11) is 0. The Morgan fingerprint density at radius 2 is 2.12 bits per heavy atom. The Labute approximate surface area is 99.4 Å². The van der Waals surface area contributed by atoms with Crippen molar-refractivity contribution in [2.45, 2.75) is 39.0 Å². The number of carboxylic acid groups (broad SMARTS) is 1. The van der Waals surface area contributed by atoms with Crippen LogP contribution in [0.15, 0.2) is 6.07 Å². The van der Waals surface area contributed by atoms with Crippen LogP contribution in [-0.4, -0.2) is 27.2 Å². The summed E-state index contributed by atoms with van der Waals surface area (Å²) in [5.74, 6) is -0.445. The van der Waals surface area contributed by atoms with E-state index in [1.54, 1.807) is 6.07 Å². The second-order valence-electron chi connectivity index (χ2n) is 3.78. The molecule has 0 aromatic carbocycles. The van der Waals surface area contributed by atoms with Crippen LogP contribution in [0, 0.1) is 0 Å². The van der Waals surface area contributed by atoms with E-state index in [2.05, 4.69) is 15.5 Å². The lowest BCUT2D eigenvalue weighted by atomic mass is 10.2. The number of amides is 1. The van der Waals surface area contributed by atoms with Gasteiger partial charge in [-0.2, -0.15) is 5.10 Å². The molecule has 1 aromatic heterocycles. The number of aryl methyl sites for hydroxylation is 1. The number of H-pyrrole nitrogens is 1. The van der Waals surface area contributed by atoms with Gasteiger partial charge in [-0.05, 0) is 19.3 Å². The van der Waals surface area contributed by atoms with Crippen molar-refractivity contribution in [1.29, 1.82) is 0 Å². The first kappa shape index (κ1) is 13.2. The van der Waals surface area contributed by atoms with E-state index in [-0.39, 0.29) is 12.3 Å². The Bertz CT molecular complexity index is 387. The second kappa shape index (κ2) is 6.67. The maximum atomic E-state index is 11.4. The molecule has 1 amide bonds. The fourth-order valence-electron chi connectivity index (χ4n) is 1.37. The molecule has 0 aliphatic rings. The molecule has 0 unspecified atom stereocenters. The average Bonchev–Trinajstić information content (AvgIpc) is 2.72. The van der Waals surface area contributed by atoms with E-state index in [9.17, 15) is 9.59 Å². The zero-order valence-corrected chi connectivity index (χ0v) is 9.82. The van der Waals surface area contributed by atoms with Gasteiger partial charge in [0.05, 0.1) is 0 Å². The summed E-state index contributed by atoms with van der Waals surface area (Å²) in [6.45, 7) is 1.99. The number of carbonyl (C=O) groups excluding carboxylic acids is 1. The minimum Gasteiger partial charge on any atom is -0.481 e. The number of anilines is 1. The van der Waals surface area contributed by atoms with Gasteiger partial charge < -0.3 is 10.4 Å². The third-order valence-electron chi connectivity index (χ3n) is 2.32. The molecule has 0 atom stereocenters. The van der Waals surface area contributed by atoms with Gasteiger partial charge in [0, 0.05) is 24.6 Å². The Kier molecular flexibility index (Phi) is 5.19. The van der Waals surface area contributed by atoms with E-state index in [1.807, 2.05) is 6.92 Å². The third kappa shape index (κ3) is 5.14. The summed E-state index contributed by atoms with van der Waals surface area (Å²) in [6.07, 6.45) is 2.35. The van der Waals surface area contributed by atoms with Gasteiger partial charge in [0.25, 0.3) is 0 Å². The minimum absolute atomic E-state index is 0.107. The van der Waals surface area contributed by atoms with Gasteiger partial charge in [0.15, 0.2) is 5.82 Å². The molecule has 17 heavy (non-hydrogen) atoms. The van der Waals surface area contributed by atoms with E-state index < -0.39 is 5.97 Å². The summed E-state index contributed by atoms with van der Waals surface area (Å²) in [6, 6.07) is 1.79. The van der Waals surface area contributed by atoms with Gasteiger partial charge in [0.2, 0.25) is 5.91 Å². The molecule has 0 fully saturated rings. The number of aromatic nitrogens is 2. The Morgan fingerprint density at radius 3 is 2.71 bits per heavy atom. The van der Waals surface area contributed by atoms with Crippen LogP contribution in [0.4, 0.5) is 5.82 Å². The van der Waals surface area contributed by atoms with Crippen molar-refractivity contribution in [1.82, 2.24) is 10.2 Å². The molecular weight excluding hydrogens is 222 g/mol. The number of aliphatic carboxylic acids is 1. The van der Waals surface area contributed by atoms with Crippen molar-refractivity contribution in [3.05, 3.63) is 11.8 Å². The fourth-order valence-corrected chi connectivity index (χ4v) is 1.37. The lowest BCUT2D eigenvalue weighted by Crippen LogP contribution is -2.11. The van der Waals surface area contributed by atoms with Crippen LogP contribution < -0.4 is 5.32 Å². The lowest BCUT2D eigenvalue weighted by molar-refractivity contribution is -0.137. The van der Waals surface area contributed by atoms with Crippen molar-refractivity contribution < 1.29 is 14.7 Å². The number of hydrogen-bond acceptors (Lipinski definition) is 3. The highest BCUT2D eigenvalue weighted by Gasteiger charge is 2.05. The molecular formula is C11H17N3O3. The molecule has 0 saturated heterocycles. The van der Waals surface area contributed by atoms with Gasteiger partial charge in [-0.25, -0.2) is 0 Å². The monoisotopic (exact) mass is 239 g/mol. The lowest BCUT2D eigenvalue weighted by Gasteiger charge is -2.00. The Hall–Kier alpha value is -1.85. The number of unbranched alkanes of at least 4 members (excludes halogenated alkanes) is 1. The van der Waals surface area contributed by atoms with Gasteiger partial charge in [0.1, 0.15) is 0 Å². The van der Waals surface area contributed by atoms with E-state index in [4.69, 9.17) is 5.11 Å². The van der Waals surface area contributed by atoms with Crippen LogP contribution in [-0.2, 0) is 16.0 Å². The van der Waals surface area contributed by atoms with Crippen LogP contribution in [0.3, 0.4) is 0 Å². The number of carbonyl (C=O) groups is 2. The number of carboxylic acids is 1. The van der Waals surface area contributed by atoms with Crippen LogP contribution in [0.5, 0.6) is 0 Å². The molecule has 0 saturated carbocycles. The SMILES string of the molecule is CCc1cc(NC(=O)CCCCC(=O)O)n[nH]1. The van der Waals surface area contributed by atoms with E-state index >= 15 is 0 Å². The molecule has 0 aliphatic carbocycles. The molecule has 6 nitrogen and oxygen atoms in total. The van der Waals surface area contributed by atoms with Gasteiger partial charge in [-0.3, -0.25) is 14.7 Å². The summed E-state index contributed by atoms with van der Waals surface area (Å²) in [5, 5.41) is 17.8. The highest BCUT2D eigenvalue weighted by Crippen LogP contribution is 2.07. The molecule has 94 valence electrons. The topological polar surface area (TPSA) is 95.1 Å². The predicted molar refractivity (Wildman–Crippen MR) is 62.7 cm³/mol. The number of hydrogen-bond donors (Lipinski definition) is 3. The number of aromatic amines is 1. The quantitative estimate of drug-likeness (QED) is 0.629. The van der Waals surface area contributed by atoms with Crippen molar-refractivity contribution in [3.8, 4) is 0 Å². The van der Waals surface area contributed by atoms with Crippen LogP contribution >= 0.6 is 0 Å². The maximum Gasteiger partial charge on any atom is 0.303 e. The van der Waals surface area contributed by atoms with Crippen molar-refractivity contribution >= 4 is 17.7 Å².